The summed E-state index contributed by atoms with van der Waals surface area (Å²) < 4.78 is 5.34. The SMILES string of the molecule is CCC/C=C\C(C)(C)CCC(O)COCCC. The van der Waals surface area contributed by atoms with Crippen LogP contribution in [0.15, 0.2) is 12.2 Å². The zero-order valence-electron chi connectivity index (χ0n) is 12.0. The van der Waals surface area contributed by atoms with E-state index in [0.29, 0.717) is 6.61 Å². The molecule has 0 bridgehead atoms. The summed E-state index contributed by atoms with van der Waals surface area (Å²) in [5.74, 6) is 0. The fourth-order valence-electron chi connectivity index (χ4n) is 1.64. The monoisotopic (exact) mass is 242 g/mol. The fraction of sp³-hybridized carbons (Fsp3) is 0.867. The highest BCUT2D eigenvalue weighted by Gasteiger charge is 2.16. The fourth-order valence-corrected chi connectivity index (χ4v) is 1.64. The quantitative estimate of drug-likeness (QED) is 0.464. The first kappa shape index (κ1) is 16.7. The van der Waals surface area contributed by atoms with Crippen molar-refractivity contribution in [3.05, 3.63) is 12.2 Å². The summed E-state index contributed by atoms with van der Waals surface area (Å²) in [7, 11) is 0. The van der Waals surface area contributed by atoms with Gasteiger partial charge in [-0.2, -0.15) is 0 Å². The second kappa shape index (κ2) is 9.67. The molecule has 1 atom stereocenters. The molecule has 0 aliphatic rings. The summed E-state index contributed by atoms with van der Waals surface area (Å²) in [6.07, 6.45) is 9.37. The van der Waals surface area contributed by atoms with Crippen LogP contribution in [0.3, 0.4) is 0 Å². The number of allylic oxidation sites excluding steroid dienone is 2. The third-order valence-electron chi connectivity index (χ3n) is 2.80. The maximum Gasteiger partial charge on any atom is 0.0774 e. The number of rotatable bonds is 10. The predicted octanol–water partition coefficient (Wildman–Crippen LogP) is 3.94. The van der Waals surface area contributed by atoms with Crippen LogP contribution in [0.2, 0.25) is 0 Å². The molecule has 0 aromatic heterocycles. The largest absolute Gasteiger partial charge is 0.391 e. The first-order chi connectivity index (χ1) is 8.02. The summed E-state index contributed by atoms with van der Waals surface area (Å²) in [4.78, 5) is 0. The maximum atomic E-state index is 9.76. The van der Waals surface area contributed by atoms with Crippen molar-refractivity contribution in [1.29, 1.82) is 0 Å². The van der Waals surface area contributed by atoms with E-state index in [1.54, 1.807) is 0 Å². The third kappa shape index (κ3) is 10.5. The van der Waals surface area contributed by atoms with Gasteiger partial charge >= 0.3 is 0 Å². The molecule has 0 radical (unpaired) electrons. The zero-order valence-corrected chi connectivity index (χ0v) is 12.0. The van der Waals surface area contributed by atoms with Crippen molar-refractivity contribution in [3.8, 4) is 0 Å². The van der Waals surface area contributed by atoms with E-state index in [2.05, 4.69) is 39.8 Å². The molecular formula is C15H30O2. The van der Waals surface area contributed by atoms with Gasteiger partial charge in [0.05, 0.1) is 12.7 Å². The molecule has 1 unspecified atom stereocenters. The van der Waals surface area contributed by atoms with Crippen LogP contribution in [0.25, 0.3) is 0 Å². The molecule has 0 fully saturated rings. The molecule has 0 aliphatic carbocycles. The van der Waals surface area contributed by atoms with Crippen LogP contribution in [-0.4, -0.2) is 24.4 Å². The van der Waals surface area contributed by atoms with Gasteiger partial charge in [-0.1, -0.05) is 46.3 Å². The molecule has 2 heteroatoms. The Morgan fingerprint density at radius 2 is 1.94 bits per heavy atom. The lowest BCUT2D eigenvalue weighted by Crippen LogP contribution is -2.19. The Morgan fingerprint density at radius 3 is 2.53 bits per heavy atom. The predicted molar refractivity (Wildman–Crippen MR) is 74.2 cm³/mol. The summed E-state index contributed by atoms with van der Waals surface area (Å²) in [6, 6.07) is 0. The lowest BCUT2D eigenvalue weighted by atomic mass is 9.86. The number of ether oxygens (including phenoxy) is 1. The minimum atomic E-state index is -0.319. The molecule has 1 N–H and O–H groups in total. The first-order valence-electron chi connectivity index (χ1n) is 6.95. The Kier molecular flexibility index (Phi) is 9.47. The lowest BCUT2D eigenvalue weighted by molar-refractivity contribution is 0.0284. The number of aliphatic hydroxyl groups excluding tert-OH is 1. The molecule has 0 aliphatic heterocycles. The molecule has 0 aromatic carbocycles. The van der Waals surface area contributed by atoms with E-state index in [0.717, 1.165) is 32.3 Å². The van der Waals surface area contributed by atoms with Gasteiger partial charge in [0.15, 0.2) is 0 Å². The average Bonchev–Trinajstić information content (AvgIpc) is 2.27. The van der Waals surface area contributed by atoms with Gasteiger partial charge in [0.25, 0.3) is 0 Å². The van der Waals surface area contributed by atoms with Crippen molar-refractivity contribution in [1.82, 2.24) is 0 Å². The Hall–Kier alpha value is -0.340. The van der Waals surface area contributed by atoms with Gasteiger partial charge < -0.3 is 9.84 Å². The van der Waals surface area contributed by atoms with Crippen LogP contribution in [-0.2, 0) is 4.74 Å². The molecule has 102 valence electrons. The van der Waals surface area contributed by atoms with E-state index >= 15 is 0 Å². The Labute approximate surface area is 107 Å². The average molecular weight is 242 g/mol. The van der Waals surface area contributed by atoms with Crippen LogP contribution in [0.1, 0.15) is 59.8 Å². The van der Waals surface area contributed by atoms with E-state index in [1.165, 1.54) is 6.42 Å². The van der Waals surface area contributed by atoms with Crippen LogP contribution >= 0.6 is 0 Å². The van der Waals surface area contributed by atoms with E-state index in [1.807, 2.05) is 0 Å². The number of aliphatic hydroxyl groups is 1. The Morgan fingerprint density at radius 1 is 1.24 bits per heavy atom. The summed E-state index contributed by atoms with van der Waals surface area (Å²) in [5, 5.41) is 9.76. The molecular weight excluding hydrogens is 212 g/mol. The van der Waals surface area contributed by atoms with E-state index in [-0.39, 0.29) is 11.5 Å². The van der Waals surface area contributed by atoms with Gasteiger partial charge in [-0.05, 0) is 31.1 Å². The summed E-state index contributed by atoms with van der Waals surface area (Å²) in [6.45, 7) is 9.93. The maximum absolute atomic E-state index is 9.76. The molecule has 0 rings (SSSR count). The van der Waals surface area contributed by atoms with Crippen LogP contribution < -0.4 is 0 Å². The van der Waals surface area contributed by atoms with Gasteiger partial charge in [-0.3, -0.25) is 0 Å². The summed E-state index contributed by atoms with van der Waals surface area (Å²) >= 11 is 0. The van der Waals surface area contributed by atoms with Crippen molar-refractivity contribution >= 4 is 0 Å². The molecule has 17 heavy (non-hydrogen) atoms. The Balaban J connectivity index is 3.75. The van der Waals surface area contributed by atoms with Crippen LogP contribution in [0.4, 0.5) is 0 Å². The molecule has 0 saturated carbocycles. The van der Waals surface area contributed by atoms with E-state index in [4.69, 9.17) is 4.74 Å². The van der Waals surface area contributed by atoms with Crippen molar-refractivity contribution in [2.24, 2.45) is 5.41 Å². The molecule has 0 spiro atoms. The highest BCUT2D eigenvalue weighted by atomic mass is 16.5. The molecule has 2 nitrogen and oxygen atoms in total. The first-order valence-corrected chi connectivity index (χ1v) is 6.95. The number of unbranched alkanes of at least 4 members (excludes halogenated alkanes) is 1. The van der Waals surface area contributed by atoms with Crippen LogP contribution in [0.5, 0.6) is 0 Å². The zero-order chi connectivity index (χ0) is 13.1. The van der Waals surface area contributed by atoms with Gasteiger partial charge in [-0.15, -0.1) is 0 Å². The lowest BCUT2D eigenvalue weighted by Gasteiger charge is -2.22. The van der Waals surface area contributed by atoms with Gasteiger partial charge in [-0.25, -0.2) is 0 Å². The van der Waals surface area contributed by atoms with Crippen molar-refractivity contribution in [3.63, 3.8) is 0 Å². The normalized spacial score (nSPS) is 14.4. The number of hydrogen-bond donors (Lipinski definition) is 1. The highest BCUT2D eigenvalue weighted by Crippen LogP contribution is 2.25. The highest BCUT2D eigenvalue weighted by molar-refractivity contribution is 4.94. The standard InChI is InChI=1S/C15H30O2/c1-5-7-8-10-15(3,4)11-9-14(16)13-17-12-6-2/h8,10,14,16H,5-7,9,11-13H2,1-4H3/b10-8-. The molecule has 0 saturated heterocycles. The Bertz CT molecular complexity index is 197. The summed E-state index contributed by atoms with van der Waals surface area (Å²) in [5.41, 5.74) is 0.181. The second-order valence-electron chi connectivity index (χ2n) is 5.45. The van der Waals surface area contributed by atoms with Crippen LogP contribution in [0, 0.1) is 5.41 Å². The molecule has 0 heterocycles. The van der Waals surface area contributed by atoms with Gasteiger partial charge in [0, 0.05) is 6.61 Å². The van der Waals surface area contributed by atoms with Gasteiger partial charge in [0.2, 0.25) is 0 Å². The van der Waals surface area contributed by atoms with Crippen molar-refractivity contribution in [2.45, 2.75) is 65.9 Å². The third-order valence-corrected chi connectivity index (χ3v) is 2.80. The molecule has 0 aromatic rings. The van der Waals surface area contributed by atoms with E-state index in [9.17, 15) is 5.11 Å². The molecule has 0 amide bonds. The van der Waals surface area contributed by atoms with Crippen molar-refractivity contribution < 1.29 is 9.84 Å². The smallest absolute Gasteiger partial charge is 0.0774 e. The van der Waals surface area contributed by atoms with E-state index < -0.39 is 0 Å². The number of hydrogen-bond acceptors (Lipinski definition) is 2. The second-order valence-corrected chi connectivity index (χ2v) is 5.45. The minimum absolute atomic E-state index is 0.181. The van der Waals surface area contributed by atoms with Gasteiger partial charge in [0.1, 0.15) is 0 Å². The van der Waals surface area contributed by atoms with Crippen molar-refractivity contribution in [2.75, 3.05) is 13.2 Å². The topological polar surface area (TPSA) is 29.5 Å². The minimum Gasteiger partial charge on any atom is -0.391 e.